The number of rotatable bonds is 4. The molecule has 1 aromatic heterocycles. The largest absolute Gasteiger partial charge is 0.346 e. The molecule has 0 radical (unpaired) electrons. The number of benzene rings is 1. The summed E-state index contributed by atoms with van der Waals surface area (Å²) in [6, 6.07) is 7.34. The van der Waals surface area contributed by atoms with Crippen LogP contribution in [0.1, 0.15) is 34.6 Å². The molecule has 1 N–H and O–H groups in total. The summed E-state index contributed by atoms with van der Waals surface area (Å²) in [5.41, 5.74) is 2.08. The van der Waals surface area contributed by atoms with Crippen LogP contribution in [0, 0.1) is 12.7 Å². The Kier molecular flexibility index (Phi) is 4.50. The first-order chi connectivity index (χ1) is 11.1. The first-order valence-electron chi connectivity index (χ1n) is 7.75. The van der Waals surface area contributed by atoms with Crippen molar-refractivity contribution in [3.8, 4) is 0 Å². The number of amides is 1. The van der Waals surface area contributed by atoms with E-state index in [2.05, 4.69) is 20.2 Å². The Bertz CT molecular complexity index is 696. The van der Waals surface area contributed by atoms with E-state index in [4.69, 9.17) is 0 Å². The van der Waals surface area contributed by atoms with Gasteiger partial charge in [0.1, 0.15) is 5.82 Å². The Hall–Kier alpha value is -2.50. The van der Waals surface area contributed by atoms with Crippen LogP contribution >= 0.6 is 0 Å². The molecule has 1 aromatic carbocycles. The van der Waals surface area contributed by atoms with Crippen LogP contribution in [0.3, 0.4) is 0 Å². The van der Waals surface area contributed by atoms with Crippen molar-refractivity contribution in [1.29, 1.82) is 0 Å². The number of hydrogen-bond donors (Lipinski definition) is 1. The van der Waals surface area contributed by atoms with E-state index in [-0.39, 0.29) is 11.7 Å². The molecule has 0 bridgehead atoms. The second kappa shape index (κ2) is 6.73. The van der Waals surface area contributed by atoms with Crippen LogP contribution in [0.2, 0.25) is 0 Å². The second-order valence-electron chi connectivity index (χ2n) is 5.68. The van der Waals surface area contributed by atoms with E-state index in [0.717, 1.165) is 43.3 Å². The smallest absolute Gasteiger partial charge is 0.251 e. The fourth-order valence-corrected chi connectivity index (χ4v) is 2.64. The molecule has 0 unspecified atom stereocenters. The van der Waals surface area contributed by atoms with Gasteiger partial charge in [0.25, 0.3) is 5.91 Å². The second-order valence-corrected chi connectivity index (χ2v) is 5.68. The third-order valence-corrected chi connectivity index (χ3v) is 3.82. The predicted octanol–water partition coefficient (Wildman–Crippen LogP) is 2.45. The van der Waals surface area contributed by atoms with E-state index in [9.17, 15) is 9.18 Å². The van der Waals surface area contributed by atoms with Gasteiger partial charge in [-0.2, -0.15) is 0 Å². The van der Waals surface area contributed by atoms with Gasteiger partial charge in [-0.25, -0.2) is 14.4 Å². The molecule has 6 heteroatoms. The number of carbonyl (C=O) groups is 1. The highest BCUT2D eigenvalue weighted by Gasteiger charge is 2.16. The molecule has 1 saturated heterocycles. The molecular weight excluding hydrogens is 295 g/mol. The third kappa shape index (κ3) is 3.83. The number of carbonyl (C=O) groups excluding carboxylic acids is 1. The maximum absolute atomic E-state index is 12.9. The van der Waals surface area contributed by atoms with Crippen molar-refractivity contribution >= 4 is 11.9 Å². The lowest BCUT2D eigenvalue weighted by Gasteiger charge is -2.16. The average Bonchev–Trinajstić information content (AvgIpc) is 3.07. The lowest BCUT2D eigenvalue weighted by molar-refractivity contribution is 0.0950. The summed E-state index contributed by atoms with van der Waals surface area (Å²) in [5, 5.41) is 2.81. The Balaban J connectivity index is 1.67. The Morgan fingerprint density at radius 1 is 1.22 bits per heavy atom. The lowest BCUT2D eigenvalue weighted by atomic mass is 10.2. The zero-order valence-electron chi connectivity index (χ0n) is 13.1. The van der Waals surface area contributed by atoms with Crippen LogP contribution in [0.25, 0.3) is 0 Å². The molecule has 3 rings (SSSR count). The third-order valence-electron chi connectivity index (χ3n) is 3.82. The zero-order chi connectivity index (χ0) is 16.2. The van der Waals surface area contributed by atoms with Crippen LogP contribution < -0.4 is 10.2 Å². The lowest BCUT2D eigenvalue weighted by Crippen LogP contribution is -2.25. The van der Waals surface area contributed by atoms with Crippen molar-refractivity contribution < 1.29 is 9.18 Å². The highest BCUT2D eigenvalue weighted by molar-refractivity contribution is 5.94. The Labute approximate surface area is 134 Å². The molecule has 120 valence electrons. The fourth-order valence-electron chi connectivity index (χ4n) is 2.64. The van der Waals surface area contributed by atoms with Gasteiger partial charge in [0.05, 0.1) is 12.2 Å². The number of nitrogens with one attached hydrogen (secondary N) is 1. The molecule has 5 nitrogen and oxygen atoms in total. The molecule has 0 spiro atoms. The number of halogens is 1. The maximum atomic E-state index is 12.9. The minimum absolute atomic E-state index is 0.246. The van der Waals surface area contributed by atoms with E-state index in [1.54, 1.807) is 0 Å². The number of anilines is 1. The van der Waals surface area contributed by atoms with Crippen molar-refractivity contribution in [3.05, 3.63) is 53.1 Å². The van der Waals surface area contributed by atoms with Gasteiger partial charge in [-0.15, -0.1) is 0 Å². The van der Waals surface area contributed by atoms with Crippen LogP contribution in [-0.2, 0) is 6.54 Å². The standard InChI is InChI=1S/C17H19FN4O/c1-12-10-15(21-17(20-12)22-8-2-3-9-22)11-19-16(23)13-4-6-14(18)7-5-13/h4-7,10H,2-3,8-9,11H2,1H3,(H,19,23). The summed E-state index contributed by atoms with van der Waals surface area (Å²) in [7, 11) is 0. The zero-order valence-corrected chi connectivity index (χ0v) is 13.1. The van der Waals surface area contributed by atoms with Crippen LogP contribution in [0.4, 0.5) is 10.3 Å². The summed E-state index contributed by atoms with van der Waals surface area (Å²) in [6.07, 6.45) is 2.32. The van der Waals surface area contributed by atoms with Crippen molar-refractivity contribution in [2.45, 2.75) is 26.3 Å². The predicted molar refractivity (Wildman–Crippen MR) is 85.8 cm³/mol. The molecular formula is C17H19FN4O. The van der Waals surface area contributed by atoms with E-state index in [0.29, 0.717) is 12.1 Å². The number of aromatic nitrogens is 2. The molecule has 0 atom stereocenters. The van der Waals surface area contributed by atoms with Gasteiger partial charge >= 0.3 is 0 Å². The summed E-state index contributed by atoms with van der Waals surface area (Å²) < 4.78 is 12.9. The molecule has 1 aliphatic heterocycles. The molecule has 23 heavy (non-hydrogen) atoms. The normalized spacial score (nSPS) is 14.1. The van der Waals surface area contributed by atoms with Gasteiger partial charge < -0.3 is 10.2 Å². The number of hydrogen-bond acceptors (Lipinski definition) is 4. The minimum atomic E-state index is -0.358. The van der Waals surface area contributed by atoms with Gasteiger partial charge in [-0.1, -0.05) is 0 Å². The van der Waals surface area contributed by atoms with Crippen molar-refractivity contribution in [2.24, 2.45) is 0 Å². The number of aryl methyl sites for hydroxylation is 1. The highest BCUT2D eigenvalue weighted by Crippen LogP contribution is 2.16. The SMILES string of the molecule is Cc1cc(CNC(=O)c2ccc(F)cc2)nc(N2CCCC2)n1. The molecule has 1 amide bonds. The van der Waals surface area contributed by atoms with Crippen molar-refractivity contribution in [1.82, 2.24) is 15.3 Å². The summed E-state index contributed by atoms with van der Waals surface area (Å²) in [5.74, 6) is 0.126. The minimum Gasteiger partial charge on any atom is -0.346 e. The monoisotopic (exact) mass is 314 g/mol. The van der Waals surface area contributed by atoms with Crippen LogP contribution in [0.5, 0.6) is 0 Å². The van der Waals surface area contributed by atoms with E-state index in [1.165, 1.54) is 24.3 Å². The van der Waals surface area contributed by atoms with E-state index >= 15 is 0 Å². The molecule has 0 saturated carbocycles. The average molecular weight is 314 g/mol. The van der Waals surface area contributed by atoms with Gasteiger partial charge in [0.15, 0.2) is 0 Å². The molecule has 1 fully saturated rings. The first-order valence-corrected chi connectivity index (χ1v) is 7.75. The van der Waals surface area contributed by atoms with Crippen molar-refractivity contribution in [3.63, 3.8) is 0 Å². The fraction of sp³-hybridized carbons (Fsp3) is 0.353. The van der Waals surface area contributed by atoms with Gasteiger partial charge in [-0.05, 0) is 50.1 Å². The van der Waals surface area contributed by atoms with Crippen molar-refractivity contribution in [2.75, 3.05) is 18.0 Å². The van der Waals surface area contributed by atoms with E-state index < -0.39 is 0 Å². The number of nitrogens with zero attached hydrogens (tertiary/aromatic N) is 3. The Morgan fingerprint density at radius 3 is 2.61 bits per heavy atom. The first kappa shape index (κ1) is 15.4. The topological polar surface area (TPSA) is 58.1 Å². The van der Waals surface area contributed by atoms with Crippen LogP contribution in [0.15, 0.2) is 30.3 Å². The summed E-state index contributed by atoms with van der Waals surface area (Å²) in [4.78, 5) is 23.2. The van der Waals surface area contributed by atoms with E-state index in [1.807, 2.05) is 13.0 Å². The summed E-state index contributed by atoms with van der Waals surface area (Å²) >= 11 is 0. The summed E-state index contributed by atoms with van der Waals surface area (Å²) in [6.45, 7) is 4.20. The van der Waals surface area contributed by atoms with Gasteiger partial charge in [0, 0.05) is 24.3 Å². The Morgan fingerprint density at radius 2 is 1.91 bits per heavy atom. The highest BCUT2D eigenvalue weighted by atomic mass is 19.1. The molecule has 2 heterocycles. The quantitative estimate of drug-likeness (QED) is 0.942. The van der Waals surface area contributed by atoms with Gasteiger partial charge in [0.2, 0.25) is 5.95 Å². The molecule has 2 aromatic rings. The molecule has 0 aliphatic carbocycles. The van der Waals surface area contributed by atoms with Gasteiger partial charge in [-0.3, -0.25) is 4.79 Å². The van der Waals surface area contributed by atoms with Crippen LogP contribution in [-0.4, -0.2) is 29.0 Å². The maximum Gasteiger partial charge on any atom is 0.251 e. The molecule has 1 aliphatic rings.